The van der Waals surface area contributed by atoms with Gasteiger partial charge in [-0.25, -0.2) is 4.79 Å². The van der Waals surface area contributed by atoms with Gasteiger partial charge in [-0.2, -0.15) is 0 Å². The van der Waals surface area contributed by atoms with Crippen molar-refractivity contribution in [2.24, 2.45) is 0 Å². The van der Waals surface area contributed by atoms with Crippen LogP contribution in [0, 0.1) is 6.92 Å². The van der Waals surface area contributed by atoms with Crippen LogP contribution in [0.15, 0.2) is 18.5 Å². The fourth-order valence-electron chi connectivity index (χ4n) is 1.59. The summed E-state index contributed by atoms with van der Waals surface area (Å²) in [6.07, 6.45) is 3.40. The average molecular weight is 221 g/mol. The number of pyridine rings is 1. The molecule has 2 rings (SSSR count). The highest BCUT2D eigenvalue weighted by atomic mass is 16.5. The molecular formula is C11H15N3O2. The number of carbonyl (C=O) groups is 1. The minimum absolute atomic E-state index is 0.0873. The van der Waals surface area contributed by atoms with E-state index in [0.717, 1.165) is 11.3 Å². The third-order valence-corrected chi connectivity index (χ3v) is 2.42. The number of nitrogens with zero attached hydrogens (tertiary/aromatic N) is 2. The highest BCUT2D eigenvalue weighted by Gasteiger charge is 2.16. The molecule has 0 saturated carbocycles. The van der Waals surface area contributed by atoms with Gasteiger partial charge in [0.05, 0.1) is 25.1 Å². The van der Waals surface area contributed by atoms with Gasteiger partial charge < -0.3 is 15.0 Å². The molecule has 1 saturated heterocycles. The summed E-state index contributed by atoms with van der Waals surface area (Å²) in [4.78, 5) is 17.6. The molecule has 0 radical (unpaired) electrons. The third kappa shape index (κ3) is 2.70. The normalized spacial score (nSPS) is 15.9. The lowest BCUT2D eigenvalue weighted by molar-refractivity contribution is 0.0564. The molecule has 1 aromatic rings. The SMILES string of the molecule is Cc1cncc(NC(=O)N2CCOCC2)c1. The Bertz CT molecular complexity index is 375. The van der Waals surface area contributed by atoms with Crippen LogP contribution in [0.3, 0.4) is 0 Å². The average Bonchev–Trinajstić information content (AvgIpc) is 2.30. The predicted molar refractivity (Wildman–Crippen MR) is 60.4 cm³/mol. The van der Waals surface area contributed by atoms with E-state index in [2.05, 4.69) is 10.3 Å². The Morgan fingerprint density at radius 3 is 2.88 bits per heavy atom. The number of urea groups is 1. The molecule has 16 heavy (non-hydrogen) atoms. The molecule has 1 aromatic heterocycles. The minimum Gasteiger partial charge on any atom is -0.378 e. The molecule has 1 aliphatic rings. The molecule has 2 amide bonds. The fraction of sp³-hybridized carbons (Fsp3) is 0.455. The molecule has 1 aliphatic heterocycles. The van der Waals surface area contributed by atoms with Crippen LogP contribution in [0.4, 0.5) is 10.5 Å². The monoisotopic (exact) mass is 221 g/mol. The smallest absolute Gasteiger partial charge is 0.322 e. The summed E-state index contributed by atoms with van der Waals surface area (Å²) in [5, 5.41) is 2.82. The van der Waals surface area contributed by atoms with E-state index in [-0.39, 0.29) is 6.03 Å². The van der Waals surface area contributed by atoms with Crippen molar-refractivity contribution in [1.29, 1.82) is 0 Å². The number of aromatic nitrogens is 1. The summed E-state index contributed by atoms with van der Waals surface area (Å²) in [6.45, 7) is 4.45. The van der Waals surface area contributed by atoms with Gasteiger partial charge >= 0.3 is 6.03 Å². The van der Waals surface area contributed by atoms with Gasteiger partial charge in [0, 0.05) is 19.3 Å². The van der Waals surface area contributed by atoms with Crippen LogP contribution in [0.25, 0.3) is 0 Å². The second-order valence-corrected chi connectivity index (χ2v) is 3.78. The molecule has 1 fully saturated rings. The van der Waals surface area contributed by atoms with E-state index in [4.69, 9.17) is 4.74 Å². The van der Waals surface area contributed by atoms with Crippen LogP contribution >= 0.6 is 0 Å². The van der Waals surface area contributed by atoms with Crippen molar-refractivity contribution >= 4 is 11.7 Å². The van der Waals surface area contributed by atoms with E-state index in [9.17, 15) is 4.79 Å². The van der Waals surface area contributed by atoms with E-state index < -0.39 is 0 Å². The number of hydrogen-bond donors (Lipinski definition) is 1. The molecule has 0 unspecified atom stereocenters. The first kappa shape index (κ1) is 10.9. The molecule has 2 heterocycles. The van der Waals surface area contributed by atoms with Crippen molar-refractivity contribution in [3.05, 3.63) is 24.0 Å². The maximum absolute atomic E-state index is 11.8. The number of ether oxygens (including phenoxy) is 1. The summed E-state index contributed by atoms with van der Waals surface area (Å²) in [7, 11) is 0. The summed E-state index contributed by atoms with van der Waals surface area (Å²) >= 11 is 0. The number of morpholine rings is 1. The van der Waals surface area contributed by atoms with Crippen molar-refractivity contribution in [2.75, 3.05) is 31.6 Å². The zero-order chi connectivity index (χ0) is 11.4. The first-order valence-electron chi connectivity index (χ1n) is 5.31. The van der Waals surface area contributed by atoms with Crippen molar-refractivity contribution in [3.63, 3.8) is 0 Å². The maximum atomic E-state index is 11.8. The van der Waals surface area contributed by atoms with Crippen molar-refractivity contribution in [1.82, 2.24) is 9.88 Å². The Kier molecular flexibility index (Phi) is 3.36. The van der Waals surface area contributed by atoms with Crippen LogP contribution in [-0.4, -0.2) is 42.2 Å². The summed E-state index contributed by atoms with van der Waals surface area (Å²) in [5.74, 6) is 0. The molecule has 5 heteroatoms. The third-order valence-electron chi connectivity index (χ3n) is 2.42. The van der Waals surface area contributed by atoms with E-state index >= 15 is 0 Å². The Morgan fingerprint density at radius 1 is 1.44 bits per heavy atom. The first-order chi connectivity index (χ1) is 7.75. The number of rotatable bonds is 1. The van der Waals surface area contributed by atoms with Crippen molar-refractivity contribution < 1.29 is 9.53 Å². The number of aryl methyl sites for hydroxylation is 1. The van der Waals surface area contributed by atoms with Gasteiger partial charge in [0.15, 0.2) is 0 Å². The van der Waals surface area contributed by atoms with E-state index in [1.54, 1.807) is 17.3 Å². The lowest BCUT2D eigenvalue weighted by atomic mass is 10.3. The van der Waals surface area contributed by atoms with Gasteiger partial charge in [-0.15, -0.1) is 0 Å². The summed E-state index contributed by atoms with van der Waals surface area (Å²) in [5.41, 5.74) is 1.76. The molecule has 0 atom stereocenters. The minimum atomic E-state index is -0.0873. The Balaban J connectivity index is 1.96. The maximum Gasteiger partial charge on any atom is 0.322 e. The van der Waals surface area contributed by atoms with Gasteiger partial charge in [-0.3, -0.25) is 4.98 Å². The number of hydrogen-bond acceptors (Lipinski definition) is 3. The van der Waals surface area contributed by atoms with E-state index in [1.165, 1.54) is 0 Å². The zero-order valence-electron chi connectivity index (χ0n) is 9.27. The summed E-state index contributed by atoms with van der Waals surface area (Å²) in [6, 6.07) is 1.81. The fourth-order valence-corrected chi connectivity index (χ4v) is 1.59. The quantitative estimate of drug-likeness (QED) is 0.776. The van der Waals surface area contributed by atoms with Crippen molar-refractivity contribution in [2.45, 2.75) is 6.92 Å². The summed E-state index contributed by atoms with van der Waals surface area (Å²) < 4.78 is 5.19. The Morgan fingerprint density at radius 2 is 2.19 bits per heavy atom. The number of carbonyl (C=O) groups excluding carboxylic acids is 1. The van der Waals surface area contributed by atoms with Gasteiger partial charge in [0.25, 0.3) is 0 Å². The lowest BCUT2D eigenvalue weighted by Crippen LogP contribution is -2.43. The van der Waals surface area contributed by atoms with Crippen LogP contribution in [0.2, 0.25) is 0 Å². The van der Waals surface area contributed by atoms with Crippen LogP contribution in [0.5, 0.6) is 0 Å². The molecule has 0 spiro atoms. The number of anilines is 1. The van der Waals surface area contributed by atoms with E-state index in [1.807, 2.05) is 13.0 Å². The topological polar surface area (TPSA) is 54.5 Å². The first-order valence-corrected chi connectivity index (χ1v) is 5.31. The predicted octanol–water partition coefficient (Wildman–Crippen LogP) is 1.25. The Hall–Kier alpha value is -1.62. The second kappa shape index (κ2) is 4.94. The highest BCUT2D eigenvalue weighted by Crippen LogP contribution is 2.09. The molecule has 1 N–H and O–H groups in total. The van der Waals surface area contributed by atoms with Crippen LogP contribution in [-0.2, 0) is 4.74 Å². The highest BCUT2D eigenvalue weighted by molar-refractivity contribution is 5.89. The van der Waals surface area contributed by atoms with Crippen molar-refractivity contribution in [3.8, 4) is 0 Å². The van der Waals surface area contributed by atoms with E-state index in [0.29, 0.717) is 26.3 Å². The molecule has 0 aliphatic carbocycles. The lowest BCUT2D eigenvalue weighted by Gasteiger charge is -2.26. The van der Waals surface area contributed by atoms with Gasteiger partial charge in [0.1, 0.15) is 0 Å². The molecule has 86 valence electrons. The number of amides is 2. The van der Waals surface area contributed by atoms with Gasteiger partial charge in [0.2, 0.25) is 0 Å². The zero-order valence-corrected chi connectivity index (χ0v) is 9.27. The molecule has 0 aromatic carbocycles. The number of nitrogens with one attached hydrogen (secondary N) is 1. The van der Waals surface area contributed by atoms with Gasteiger partial charge in [-0.1, -0.05) is 0 Å². The van der Waals surface area contributed by atoms with Crippen LogP contribution < -0.4 is 5.32 Å². The molecule has 5 nitrogen and oxygen atoms in total. The van der Waals surface area contributed by atoms with Crippen LogP contribution in [0.1, 0.15) is 5.56 Å². The molecular weight excluding hydrogens is 206 g/mol. The standard InChI is InChI=1S/C11H15N3O2/c1-9-6-10(8-12-7-9)13-11(15)14-2-4-16-5-3-14/h6-8H,2-5H2,1H3,(H,13,15). The second-order valence-electron chi connectivity index (χ2n) is 3.78. The molecule has 0 bridgehead atoms. The largest absolute Gasteiger partial charge is 0.378 e. The Labute approximate surface area is 94.4 Å². The van der Waals surface area contributed by atoms with Gasteiger partial charge in [-0.05, 0) is 18.6 Å².